The summed E-state index contributed by atoms with van der Waals surface area (Å²) in [5.41, 5.74) is 0.564. The van der Waals surface area contributed by atoms with Crippen molar-refractivity contribution in [3.05, 3.63) is 41.0 Å². The number of hydrogen-bond acceptors (Lipinski definition) is 8. The third-order valence-corrected chi connectivity index (χ3v) is 7.33. The second-order valence-electron chi connectivity index (χ2n) is 8.20. The summed E-state index contributed by atoms with van der Waals surface area (Å²) in [6.45, 7) is 4.92. The molecule has 8 nitrogen and oxygen atoms in total. The van der Waals surface area contributed by atoms with Crippen molar-refractivity contribution in [3.8, 4) is 11.5 Å². The molecule has 9 heteroatoms. The number of anilines is 1. The number of amides is 1. The number of aromatic nitrogens is 2. The highest BCUT2D eigenvalue weighted by atomic mass is 32.1. The maximum Gasteiger partial charge on any atom is 0.222 e. The minimum atomic E-state index is -0.00596. The molecular formula is C25H30N4O4S. The predicted octanol–water partition coefficient (Wildman–Crippen LogP) is 3.97. The number of Topliss-reactive ketones (excluding diaryl/α,β-unsaturated/α-hetero) is 1. The van der Waals surface area contributed by atoms with Gasteiger partial charge in [0, 0.05) is 49.5 Å². The molecule has 0 atom stereocenters. The van der Waals surface area contributed by atoms with Gasteiger partial charge in [-0.1, -0.05) is 6.92 Å². The van der Waals surface area contributed by atoms with Crippen LogP contribution >= 0.6 is 11.3 Å². The fraction of sp³-hybridized carbons (Fsp3) is 0.440. The molecule has 4 rings (SSSR count). The van der Waals surface area contributed by atoms with Crippen molar-refractivity contribution >= 4 is 39.1 Å². The van der Waals surface area contributed by atoms with E-state index in [1.165, 1.54) is 4.88 Å². The number of methoxy groups -OCH3 is 2. The molecular weight excluding hydrogens is 452 g/mol. The molecule has 1 aliphatic heterocycles. The van der Waals surface area contributed by atoms with E-state index in [9.17, 15) is 9.59 Å². The normalized spacial score (nSPS) is 13.9. The first kappa shape index (κ1) is 23.9. The summed E-state index contributed by atoms with van der Waals surface area (Å²) in [6, 6.07) is 7.32. The Kier molecular flexibility index (Phi) is 7.62. The minimum absolute atomic E-state index is 0.00596. The topological polar surface area (TPSA) is 84.9 Å². The lowest BCUT2D eigenvalue weighted by atomic mass is 10.0. The van der Waals surface area contributed by atoms with Gasteiger partial charge < -0.3 is 19.3 Å². The summed E-state index contributed by atoms with van der Waals surface area (Å²) in [5, 5.41) is 1.10. The van der Waals surface area contributed by atoms with E-state index in [-0.39, 0.29) is 11.7 Å². The largest absolute Gasteiger partial charge is 0.493 e. The first-order valence-corrected chi connectivity index (χ1v) is 12.4. The molecule has 0 unspecified atom stereocenters. The molecule has 0 saturated carbocycles. The number of fused-ring (bicyclic) bond motifs is 1. The van der Waals surface area contributed by atoms with Crippen LogP contribution in [0, 0.1) is 0 Å². The van der Waals surface area contributed by atoms with E-state index in [4.69, 9.17) is 9.47 Å². The third-order valence-electron chi connectivity index (χ3n) is 6.14. The van der Waals surface area contributed by atoms with Crippen LogP contribution in [0.15, 0.2) is 30.6 Å². The van der Waals surface area contributed by atoms with Crippen LogP contribution < -0.4 is 14.4 Å². The first-order valence-electron chi connectivity index (χ1n) is 11.6. The van der Waals surface area contributed by atoms with Crippen molar-refractivity contribution in [3.63, 3.8) is 0 Å². The number of ketones is 1. The van der Waals surface area contributed by atoms with Gasteiger partial charge in [-0.2, -0.15) is 0 Å². The van der Waals surface area contributed by atoms with E-state index in [0.717, 1.165) is 35.5 Å². The van der Waals surface area contributed by atoms with Crippen LogP contribution in [-0.2, 0) is 11.2 Å². The van der Waals surface area contributed by atoms with Gasteiger partial charge in [0.1, 0.15) is 17.0 Å². The Morgan fingerprint density at radius 3 is 2.47 bits per heavy atom. The second-order valence-corrected chi connectivity index (χ2v) is 9.31. The molecule has 0 spiro atoms. The number of piperazine rings is 1. The zero-order valence-corrected chi connectivity index (χ0v) is 20.7. The van der Waals surface area contributed by atoms with Gasteiger partial charge >= 0.3 is 0 Å². The van der Waals surface area contributed by atoms with Crippen LogP contribution in [0.5, 0.6) is 11.5 Å². The number of ether oxygens (including phenoxy) is 2. The molecule has 1 amide bonds. The van der Waals surface area contributed by atoms with Gasteiger partial charge in [-0.25, -0.2) is 9.97 Å². The van der Waals surface area contributed by atoms with E-state index < -0.39 is 0 Å². The summed E-state index contributed by atoms with van der Waals surface area (Å²) >= 11 is 1.71. The number of carbonyl (C=O) groups excluding carboxylic acids is 2. The number of hydrogen-bond donors (Lipinski definition) is 0. The van der Waals surface area contributed by atoms with Crippen molar-refractivity contribution < 1.29 is 19.1 Å². The monoisotopic (exact) mass is 482 g/mol. The van der Waals surface area contributed by atoms with Gasteiger partial charge in [-0.15, -0.1) is 11.3 Å². The van der Waals surface area contributed by atoms with Crippen LogP contribution in [-0.4, -0.2) is 67.0 Å². The van der Waals surface area contributed by atoms with Crippen LogP contribution in [0.25, 0.3) is 10.2 Å². The SMILES string of the molecule is CCc1cc2c(N3CCN(C(=O)CCCC(=O)c4ccc(OC)c(OC)c4)CC3)ncnc2s1. The van der Waals surface area contributed by atoms with Crippen molar-refractivity contribution in [2.24, 2.45) is 0 Å². The highest BCUT2D eigenvalue weighted by Crippen LogP contribution is 2.31. The Morgan fingerprint density at radius 2 is 1.76 bits per heavy atom. The second kappa shape index (κ2) is 10.8. The quantitative estimate of drug-likeness (QED) is 0.427. The van der Waals surface area contributed by atoms with Crippen molar-refractivity contribution in [2.45, 2.75) is 32.6 Å². The zero-order valence-electron chi connectivity index (χ0n) is 19.9. The number of thiophene rings is 1. The third kappa shape index (κ3) is 5.14. The van der Waals surface area contributed by atoms with Crippen molar-refractivity contribution in [1.82, 2.24) is 14.9 Å². The Hall–Kier alpha value is -3.20. The van der Waals surface area contributed by atoms with Crippen LogP contribution in [0.4, 0.5) is 5.82 Å². The van der Waals surface area contributed by atoms with Gasteiger partial charge in [0.25, 0.3) is 0 Å². The van der Waals surface area contributed by atoms with Gasteiger partial charge in [-0.05, 0) is 37.1 Å². The standard InChI is InChI=1S/C25H30N4O4S/c1-4-18-15-19-24(26-16-27-25(19)34-18)29-12-10-28(11-13-29)23(31)7-5-6-20(30)17-8-9-21(32-2)22(14-17)33-3/h8-9,14-16H,4-7,10-13H2,1-3H3. The van der Waals surface area contributed by atoms with Gasteiger partial charge in [0.05, 0.1) is 19.6 Å². The minimum Gasteiger partial charge on any atom is -0.493 e. The van der Waals surface area contributed by atoms with Gasteiger partial charge in [-0.3, -0.25) is 9.59 Å². The summed E-state index contributed by atoms with van der Waals surface area (Å²) in [6.07, 6.45) is 3.81. The summed E-state index contributed by atoms with van der Waals surface area (Å²) in [7, 11) is 3.10. The first-order chi connectivity index (χ1) is 16.5. The smallest absolute Gasteiger partial charge is 0.222 e. The lowest BCUT2D eigenvalue weighted by Crippen LogP contribution is -2.49. The molecule has 3 heterocycles. The lowest BCUT2D eigenvalue weighted by molar-refractivity contribution is -0.131. The number of benzene rings is 1. The molecule has 180 valence electrons. The fourth-order valence-corrected chi connectivity index (χ4v) is 5.13. The Bertz CT molecular complexity index is 1170. The molecule has 3 aromatic rings. The van der Waals surface area contributed by atoms with Crippen molar-refractivity contribution in [1.29, 1.82) is 0 Å². The average Bonchev–Trinajstić information content (AvgIpc) is 3.32. The summed E-state index contributed by atoms with van der Waals surface area (Å²) < 4.78 is 10.5. The molecule has 1 aromatic carbocycles. The van der Waals surface area contributed by atoms with Crippen molar-refractivity contribution in [2.75, 3.05) is 45.3 Å². The van der Waals surface area contributed by atoms with Crippen LogP contribution in [0.1, 0.15) is 41.4 Å². The highest BCUT2D eigenvalue weighted by Gasteiger charge is 2.23. The molecule has 0 radical (unpaired) electrons. The number of rotatable bonds is 9. The van der Waals surface area contributed by atoms with E-state index in [1.54, 1.807) is 50.1 Å². The molecule has 0 bridgehead atoms. The lowest BCUT2D eigenvalue weighted by Gasteiger charge is -2.35. The maximum atomic E-state index is 12.7. The van der Waals surface area contributed by atoms with Gasteiger partial charge in [0.2, 0.25) is 5.91 Å². The van der Waals surface area contributed by atoms with E-state index in [1.807, 2.05) is 4.90 Å². The van der Waals surface area contributed by atoms with Crippen LogP contribution in [0.2, 0.25) is 0 Å². The van der Waals surface area contributed by atoms with Crippen LogP contribution in [0.3, 0.4) is 0 Å². The fourth-order valence-electron chi connectivity index (χ4n) is 4.20. The molecule has 1 aliphatic rings. The number of nitrogens with zero attached hydrogens (tertiary/aromatic N) is 4. The highest BCUT2D eigenvalue weighted by molar-refractivity contribution is 7.18. The molecule has 1 saturated heterocycles. The molecule has 0 aliphatic carbocycles. The predicted molar refractivity (Wildman–Crippen MR) is 133 cm³/mol. The summed E-state index contributed by atoms with van der Waals surface area (Å²) in [5.74, 6) is 2.15. The Labute approximate surface area is 203 Å². The number of aryl methyl sites for hydroxylation is 1. The van der Waals surface area contributed by atoms with Gasteiger partial charge in [0.15, 0.2) is 17.3 Å². The molecule has 34 heavy (non-hydrogen) atoms. The Balaban J connectivity index is 1.27. The average molecular weight is 483 g/mol. The Morgan fingerprint density at radius 1 is 1.00 bits per heavy atom. The van der Waals surface area contributed by atoms with E-state index >= 15 is 0 Å². The number of carbonyl (C=O) groups is 2. The molecule has 2 aromatic heterocycles. The van der Waals surface area contributed by atoms with E-state index in [0.29, 0.717) is 49.4 Å². The molecule has 0 N–H and O–H groups in total. The zero-order chi connectivity index (χ0) is 24.1. The van der Waals surface area contributed by atoms with E-state index in [2.05, 4.69) is 27.9 Å². The molecule has 1 fully saturated rings. The summed E-state index contributed by atoms with van der Waals surface area (Å²) in [4.78, 5) is 40.7. The maximum absolute atomic E-state index is 12.7.